The number of aliphatic hydroxyl groups excluding tert-OH is 1. The Morgan fingerprint density at radius 1 is 1.06 bits per heavy atom. The summed E-state index contributed by atoms with van der Waals surface area (Å²) >= 11 is 6.25. The van der Waals surface area contributed by atoms with Crippen molar-refractivity contribution in [2.75, 3.05) is 12.3 Å². The number of nitrogens with two attached hydrogens (primary N) is 1. The molecule has 9 heteroatoms. The van der Waals surface area contributed by atoms with E-state index in [9.17, 15) is 5.11 Å². The lowest BCUT2D eigenvalue weighted by Gasteiger charge is -2.43. The normalized spacial score (nSPS) is 20.8. The highest BCUT2D eigenvalue weighted by atomic mass is 35.5. The molecule has 3 atom stereocenters. The zero-order valence-electron chi connectivity index (χ0n) is 20.6. The maximum absolute atomic E-state index is 11.0. The molecule has 3 N–H and O–H groups in total. The third kappa shape index (κ3) is 4.33. The number of nitrogen functional groups attached to an aromatic ring is 1. The molecular formula is C27H31ClN4O3Si. The Labute approximate surface area is 217 Å². The summed E-state index contributed by atoms with van der Waals surface area (Å²) in [4.78, 5) is 8.37. The molecule has 1 saturated heterocycles. The Hall–Kier alpha value is -2.75. The van der Waals surface area contributed by atoms with Crippen molar-refractivity contribution < 1.29 is 14.3 Å². The first-order valence-electron chi connectivity index (χ1n) is 12.1. The molecule has 1 fully saturated rings. The van der Waals surface area contributed by atoms with Gasteiger partial charge in [-0.15, -0.1) is 0 Å². The number of ether oxygens (including phenoxy) is 1. The lowest BCUT2D eigenvalue weighted by molar-refractivity contribution is -0.0397. The van der Waals surface area contributed by atoms with E-state index in [0.29, 0.717) is 22.6 Å². The third-order valence-corrected chi connectivity index (χ3v) is 12.2. The van der Waals surface area contributed by atoms with Crippen molar-refractivity contribution >= 4 is 47.3 Å². The molecular weight excluding hydrogens is 492 g/mol. The second-order valence-electron chi connectivity index (χ2n) is 10.2. The number of hydrogen-bond donors (Lipinski definition) is 2. The molecule has 1 aliphatic heterocycles. The van der Waals surface area contributed by atoms with Crippen LogP contribution in [0.3, 0.4) is 0 Å². The van der Waals surface area contributed by atoms with Crippen molar-refractivity contribution in [3.63, 3.8) is 0 Å². The van der Waals surface area contributed by atoms with Crippen molar-refractivity contribution in [3.8, 4) is 0 Å². The van der Waals surface area contributed by atoms with E-state index in [1.807, 2.05) is 29.0 Å². The van der Waals surface area contributed by atoms with Crippen LogP contribution in [0.15, 0.2) is 72.9 Å². The molecule has 2 aromatic carbocycles. The first kappa shape index (κ1) is 24.9. The minimum Gasteiger partial charge on any atom is -0.405 e. The van der Waals surface area contributed by atoms with Gasteiger partial charge in [-0.2, -0.15) is 4.98 Å². The first-order chi connectivity index (χ1) is 17.2. The molecule has 0 bridgehead atoms. The molecule has 0 spiro atoms. The lowest BCUT2D eigenvalue weighted by atomic mass is 10.2. The van der Waals surface area contributed by atoms with Crippen molar-refractivity contribution in [1.82, 2.24) is 14.5 Å². The summed E-state index contributed by atoms with van der Waals surface area (Å²) in [5.74, 6) is 0.0950. The van der Waals surface area contributed by atoms with Crippen molar-refractivity contribution in [3.05, 3.63) is 78.1 Å². The van der Waals surface area contributed by atoms with E-state index in [0.717, 1.165) is 0 Å². The molecule has 2 aromatic heterocycles. The summed E-state index contributed by atoms with van der Waals surface area (Å²) in [6.07, 6.45) is 0.632. The number of benzene rings is 2. The van der Waals surface area contributed by atoms with E-state index in [1.165, 1.54) is 10.4 Å². The van der Waals surface area contributed by atoms with Gasteiger partial charge in [-0.3, -0.25) is 0 Å². The van der Waals surface area contributed by atoms with Crippen LogP contribution >= 0.6 is 11.6 Å². The SMILES string of the molecule is CC(C)(C)[Si](OC[C@H]1O[C@@H](n2ccc3c(Cl)nc(N)nc32)C[C@@H]1O)(c1ccccc1)c1ccccc1. The fourth-order valence-electron chi connectivity index (χ4n) is 5.25. The predicted octanol–water partition coefficient (Wildman–Crippen LogP) is 3.89. The van der Waals surface area contributed by atoms with Crippen molar-refractivity contribution in [1.29, 1.82) is 0 Å². The molecule has 7 nitrogen and oxygen atoms in total. The highest BCUT2D eigenvalue weighted by molar-refractivity contribution is 6.99. The molecule has 188 valence electrons. The minimum atomic E-state index is -2.75. The zero-order chi connectivity index (χ0) is 25.5. The molecule has 3 heterocycles. The van der Waals surface area contributed by atoms with Gasteiger partial charge in [-0.1, -0.05) is 93.0 Å². The monoisotopic (exact) mass is 522 g/mol. The van der Waals surface area contributed by atoms with E-state index >= 15 is 0 Å². The van der Waals surface area contributed by atoms with Crippen LogP contribution in [0.5, 0.6) is 0 Å². The van der Waals surface area contributed by atoms with Gasteiger partial charge in [-0.25, -0.2) is 4.98 Å². The number of rotatable bonds is 6. The average Bonchev–Trinajstić information content (AvgIpc) is 3.43. The third-order valence-electron chi connectivity index (χ3n) is 6.94. The van der Waals surface area contributed by atoms with Gasteiger partial charge in [-0.05, 0) is 21.5 Å². The van der Waals surface area contributed by atoms with Gasteiger partial charge in [0, 0.05) is 12.6 Å². The van der Waals surface area contributed by atoms with Crippen LogP contribution in [0.1, 0.15) is 33.4 Å². The summed E-state index contributed by atoms with van der Waals surface area (Å²) in [5, 5.41) is 14.2. The van der Waals surface area contributed by atoms with Gasteiger partial charge in [0.2, 0.25) is 5.95 Å². The minimum absolute atomic E-state index is 0.0950. The second-order valence-corrected chi connectivity index (χ2v) is 14.9. The molecule has 1 aliphatic rings. The van der Waals surface area contributed by atoms with Gasteiger partial charge in [0.05, 0.1) is 18.1 Å². The van der Waals surface area contributed by atoms with E-state index < -0.39 is 26.8 Å². The van der Waals surface area contributed by atoms with Gasteiger partial charge < -0.3 is 24.6 Å². The lowest BCUT2D eigenvalue weighted by Crippen LogP contribution is -2.67. The number of aromatic nitrogens is 3. The Balaban J connectivity index is 1.45. The van der Waals surface area contributed by atoms with Crippen LogP contribution in [0, 0.1) is 0 Å². The molecule has 0 radical (unpaired) electrons. The summed E-state index contributed by atoms with van der Waals surface area (Å²) in [6.45, 7) is 6.96. The van der Waals surface area contributed by atoms with Gasteiger partial charge >= 0.3 is 0 Å². The van der Waals surface area contributed by atoms with E-state index in [2.05, 4.69) is 79.3 Å². The number of nitrogens with zero attached hydrogens (tertiary/aromatic N) is 3. The molecule has 0 saturated carbocycles. The molecule has 36 heavy (non-hydrogen) atoms. The molecule has 0 unspecified atom stereocenters. The standard InChI is InChI=1S/C27H31ClN4O3Si/c1-27(2,3)36(18-10-6-4-7-11-18,19-12-8-5-9-13-19)34-17-22-21(33)16-23(35-22)32-15-14-20-24(28)30-26(29)31-25(20)32/h4-15,21-23,33H,16-17H2,1-3H3,(H2,29,30,31)/t21-,22+,23+/m0/s1. The summed E-state index contributed by atoms with van der Waals surface area (Å²) in [7, 11) is -2.75. The summed E-state index contributed by atoms with van der Waals surface area (Å²) in [6, 6.07) is 22.7. The van der Waals surface area contributed by atoms with E-state index in [4.69, 9.17) is 26.5 Å². The smallest absolute Gasteiger partial charge is 0.261 e. The number of aliphatic hydroxyl groups is 1. The number of fused-ring (bicyclic) bond motifs is 1. The highest BCUT2D eigenvalue weighted by Crippen LogP contribution is 2.38. The maximum Gasteiger partial charge on any atom is 0.261 e. The molecule has 0 aliphatic carbocycles. The first-order valence-corrected chi connectivity index (χ1v) is 14.4. The highest BCUT2D eigenvalue weighted by Gasteiger charge is 2.51. The Morgan fingerprint density at radius 2 is 1.67 bits per heavy atom. The van der Waals surface area contributed by atoms with Gasteiger partial charge in [0.1, 0.15) is 23.1 Å². The van der Waals surface area contributed by atoms with E-state index in [-0.39, 0.29) is 17.6 Å². The average molecular weight is 523 g/mol. The van der Waals surface area contributed by atoms with Crippen LogP contribution in [0.25, 0.3) is 11.0 Å². The Morgan fingerprint density at radius 3 is 2.25 bits per heavy atom. The van der Waals surface area contributed by atoms with Crippen molar-refractivity contribution in [2.24, 2.45) is 0 Å². The van der Waals surface area contributed by atoms with Crippen LogP contribution in [0.2, 0.25) is 10.2 Å². The number of halogens is 1. The molecule has 5 rings (SSSR count). The Kier molecular flexibility index (Phi) is 6.65. The largest absolute Gasteiger partial charge is 0.405 e. The van der Waals surface area contributed by atoms with Gasteiger partial charge in [0.15, 0.2) is 0 Å². The van der Waals surface area contributed by atoms with E-state index in [1.54, 1.807) is 0 Å². The second kappa shape index (κ2) is 9.61. The number of hydrogen-bond acceptors (Lipinski definition) is 6. The summed E-state index contributed by atoms with van der Waals surface area (Å²) in [5.41, 5.74) is 6.41. The van der Waals surface area contributed by atoms with Gasteiger partial charge in [0.25, 0.3) is 8.32 Å². The maximum atomic E-state index is 11.0. The molecule has 4 aromatic rings. The fourth-order valence-corrected chi connectivity index (χ4v) is 10.1. The molecule has 0 amide bonds. The predicted molar refractivity (Wildman–Crippen MR) is 145 cm³/mol. The quantitative estimate of drug-likeness (QED) is 0.294. The number of anilines is 1. The summed E-state index contributed by atoms with van der Waals surface area (Å²) < 4.78 is 15.2. The van der Waals surface area contributed by atoms with Crippen LogP contribution in [-0.4, -0.2) is 46.8 Å². The topological polar surface area (TPSA) is 95.4 Å². The van der Waals surface area contributed by atoms with Crippen LogP contribution in [-0.2, 0) is 9.16 Å². The Bertz CT molecular complexity index is 1300. The van der Waals surface area contributed by atoms with Crippen LogP contribution in [0.4, 0.5) is 5.95 Å². The fraction of sp³-hybridized carbons (Fsp3) is 0.333. The zero-order valence-corrected chi connectivity index (χ0v) is 22.4. The van der Waals surface area contributed by atoms with Crippen molar-refractivity contribution in [2.45, 2.75) is 50.7 Å². The van der Waals surface area contributed by atoms with Crippen LogP contribution < -0.4 is 16.1 Å².